The van der Waals surface area contributed by atoms with Crippen molar-refractivity contribution in [2.24, 2.45) is 0 Å². The van der Waals surface area contributed by atoms with E-state index in [1.165, 1.54) is 6.20 Å². The number of nitrogens with zero attached hydrogens (tertiary/aromatic N) is 2. The summed E-state index contributed by atoms with van der Waals surface area (Å²) >= 11 is 0. The Labute approximate surface area is 170 Å². The maximum absolute atomic E-state index is 12.7. The summed E-state index contributed by atoms with van der Waals surface area (Å²) in [5.74, 6) is -0.0117. The zero-order valence-electron chi connectivity index (χ0n) is 17.1. The minimum absolute atomic E-state index is 0.247. The van der Waals surface area contributed by atoms with Gasteiger partial charge in [-0.3, -0.25) is 9.78 Å². The van der Waals surface area contributed by atoms with Gasteiger partial charge in [0.15, 0.2) is 6.61 Å². The van der Waals surface area contributed by atoms with E-state index in [1.807, 2.05) is 62.6 Å². The number of carbonyl (C=O) groups excluding carboxylic acids is 2. The summed E-state index contributed by atoms with van der Waals surface area (Å²) in [5.41, 5.74) is 4.31. The highest BCUT2D eigenvalue weighted by Crippen LogP contribution is 2.23. The van der Waals surface area contributed by atoms with E-state index >= 15 is 0 Å². The number of benzene rings is 1. The van der Waals surface area contributed by atoms with Crippen LogP contribution >= 0.6 is 0 Å². The monoisotopic (exact) mass is 392 g/mol. The number of ether oxygens (including phenoxy) is 2. The van der Waals surface area contributed by atoms with Crippen molar-refractivity contribution in [3.05, 3.63) is 76.9 Å². The van der Waals surface area contributed by atoms with Gasteiger partial charge < -0.3 is 14.0 Å². The molecule has 150 valence electrons. The maximum atomic E-state index is 12.7. The minimum Gasteiger partial charge on any atom is -0.494 e. The molecule has 6 nitrogen and oxygen atoms in total. The van der Waals surface area contributed by atoms with Crippen LogP contribution in [0.4, 0.5) is 0 Å². The van der Waals surface area contributed by atoms with Crippen molar-refractivity contribution in [3.63, 3.8) is 0 Å². The van der Waals surface area contributed by atoms with Gasteiger partial charge in [-0.25, -0.2) is 4.79 Å². The first kappa shape index (κ1) is 20.3. The van der Waals surface area contributed by atoms with Crippen LogP contribution in [0.25, 0.3) is 5.69 Å². The zero-order chi connectivity index (χ0) is 21.0. The van der Waals surface area contributed by atoms with Gasteiger partial charge in [-0.15, -0.1) is 0 Å². The van der Waals surface area contributed by atoms with Gasteiger partial charge in [0.05, 0.1) is 12.2 Å². The standard InChI is InChI=1S/C23H24N2O4/c1-5-28-20-10-8-19(9-11-20)25-16(3)12-21(17(25)4)22(26)14-29-23(27)18-7-6-15(2)24-13-18/h6-13H,5,14H2,1-4H3. The third kappa shape index (κ3) is 4.54. The molecule has 29 heavy (non-hydrogen) atoms. The summed E-state index contributed by atoms with van der Waals surface area (Å²) in [6.45, 7) is 7.87. The lowest BCUT2D eigenvalue weighted by atomic mass is 10.1. The number of aromatic nitrogens is 2. The van der Waals surface area contributed by atoms with Gasteiger partial charge in [-0.05, 0) is 70.2 Å². The van der Waals surface area contributed by atoms with Crippen molar-refractivity contribution in [3.8, 4) is 11.4 Å². The van der Waals surface area contributed by atoms with Crippen molar-refractivity contribution in [1.29, 1.82) is 0 Å². The molecule has 0 amide bonds. The Morgan fingerprint density at radius 1 is 1.03 bits per heavy atom. The number of carbonyl (C=O) groups is 2. The first-order valence-corrected chi connectivity index (χ1v) is 9.46. The minimum atomic E-state index is -0.564. The Hall–Kier alpha value is -3.41. The molecule has 3 rings (SSSR count). The van der Waals surface area contributed by atoms with E-state index in [0.29, 0.717) is 17.7 Å². The molecule has 0 bridgehead atoms. The summed E-state index contributed by atoms with van der Waals surface area (Å²) < 4.78 is 12.7. The molecule has 0 unspecified atom stereocenters. The largest absolute Gasteiger partial charge is 0.494 e. The van der Waals surface area contributed by atoms with Crippen LogP contribution in [0.2, 0.25) is 0 Å². The molecule has 2 aromatic heterocycles. The van der Waals surface area contributed by atoms with Crippen LogP contribution in [0, 0.1) is 20.8 Å². The Kier molecular flexibility index (Phi) is 6.12. The van der Waals surface area contributed by atoms with Gasteiger partial charge in [-0.1, -0.05) is 0 Å². The molecule has 6 heteroatoms. The predicted octanol–water partition coefficient (Wildman–Crippen LogP) is 4.24. The Morgan fingerprint density at radius 3 is 2.38 bits per heavy atom. The Bertz CT molecular complexity index is 1020. The molecule has 0 radical (unpaired) electrons. The Balaban J connectivity index is 1.74. The molecular weight excluding hydrogens is 368 g/mol. The van der Waals surface area contributed by atoms with Crippen molar-refractivity contribution in [1.82, 2.24) is 9.55 Å². The van der Waals surface area contributed by atoms with Crippen LogP contribution in [0.15, 0.2) is 48.7 Å². The van der Waals surface area contributed by atoms with Crippen molar-refractivity contribution in [2.75, 3.05) is 13.2 Å². The fourth-order valence-corrected chi connectivity index (χ4v) is 3.18. The molecule has 2 heterocycles. The third-order valence-electron chi connectivity index (χ3n) is 4.62. The zero-order valence-corrected chi connectivity index (χ0v) is 17.1. The quantitative estimate of drug-likeness (QED) is 0.444. The van der Waals surface area contributed by atoms with Crippen LogP contribution < -0.4 is 4.74 Å². The number of hydrogen-bond acceptors (Lipinski definition) is 5. The van der Waals surface area contributed by atoms with Crippen LogP contribution in [0.1, 0.15) is 44.7 Å². The second-order valence-electron chi connectivity index (χ2n) is 6.73. The topological polar surface area (TPSA) is 70.4 Å². The SMILES string of the molecule is CCOc1ccc(-n2c(C)cc(C(=O)COC(=O)c3ccc(C)nc3)c2C)cc1. The number of pyridine rings is 1. The molecule has 1 aromatic carbocycles. The molecule has 3 aromatic rings. The van der Waals surface area contributed by atoms with Gasteiger partial charge in [0, 0.05) is 34.5 Å². The molecular formula is C23H24N2O4. The second-order valence-corrected chi connectivity index (χ2v) is 6.73. The molecule has 0 aliphatic carbocycles. The molecule has 0 N–H and O–H groups in total. The van der Waals surface area contributed by atoms with Crippen molar-refractivity contribution >= 4 is 11.8 Å². The molecule has 0 saturated heterocycles. The van der Waals surface area contributed by atoms with Crippen LogP contribution in [0.3, 0.4) is 0 Å². The summed E-state index contributed by atoms with van der Waals surface area (Å²) in [4.78, 5) is 28.9. The van der Waals surface area contributed by atoms with Gasteiger partial charge in [0.1, 0.15) is 5.75 Å². The molecule has 0 saturated carbocycles. The summed E-state index contributed by atoms with van der Waals surface area (Å²) in [6, 6.07) is 12.9. The summed E-state index contributed by atoms with van der Waals surface area (Å²) in [7, 11) is 0. The van der Waals surface area contributed by atoms with E-state index in [1.54, 1.807) is 12.1 Å². The number of esters is 1. The molecule has 0 fully saturated rings. The Morgan fingerprint density at radius 2 is 1.76 bits per heavy atom. The van der Waals surface area contributed by atoms with Gasteiger partial charge >= 0.3 is 5.97 Å². The number of rotatable bonds is 7. The highest BCUT2D eigenvalue weighted by atomic mass is 16.5. The van der Waals surface area contributed by atoms with Crippen LogP contribution in [0.5, 0.6) is 5.75 Å². The average molecular weight is 392 g/mol. The average Bonchev–Trinajstić information content (AvgIpc) is 3.01. The van der Waals surface area contributed by atoms with Crippen LogP contribution in [-0.4, -0.2) is 34.5 Å². The fourth-order valence-electron chi connectivity index (χ4n) is 3.18. The second kappa shape index (κ2) is 8.73. The lowest BCUT2D eigenvalue weighted by Crippen LogP contribution is -2.15. The van der Waals surface area contributed by atoms with E-state index in [9.17, 15) is 9.59 Å². The summed E-state index contributed by atoms with van der Waals surface area (Å²) in [5, 5.41) is 0. The highest BCUT2D eigenvalue weighted by Gasteiger charge is 2.19. The van der Waals surface area contributed by atoms with Crippen molar-refractivity contribution < 1.29 is 19.1 Å². The van der Waals surface area contributed by atoms with E-state index in [2.05, 4.69) is 4.98 Å². The number of Topliss-reactive ketones (excluding diaryl/α,β-unsaturated/α-hetero) is 1. The summed E-state index contributed by atoms with van der Waals surface area (Å²) in [6.07, 6.45) is 1.44. The van der Waals surface area contributed by atoms with E-state index in [-0.39, 0.29) is 12.4 Å². The molecule has 0 aliphatic rings. The van der Waals surface area contributed by atoms with E-state index < -0.39 is 5.97 Å². The normalized spacial score (nSPS) is 10.6. The lowest BCUT2D eigenvalue weighted by molar-refractivity contribution is 0.0474. The number of hydrogen-bond donors (Lipinski definition) is 0. The maximum Gasteiger partial charge on any atom is 0.340 e. The van der Waals surface area contributed by atoms with Crippen molar-refractivity contribution in [2.45, 2.75) is 27.7 Å². The first-order chi connectivity index (χ1) is 13.9. The van der Waals surface area contributed by atoms with E-state index in [4.69, 9.17) is 9.47 Å². The fraction of sp³-hybridized carbons (Fsp3) is 0.261. The first-order valence-electron chi connectivity index (χ1n) is 9.46. The van der Waals surface area contributed by atoms with Gasteiger partial charge in [-0.2, -0.15) is 0 Å². The number of ketones is 1. The van der Waals surface area contributed by atoms with Crippen LogP contribution in [-0.2, 0) is 4.74 Å². The predicted molar refractivity (Wildman–Crippen MR) is 110 cm³/mol. The molecule has 0 aliphatic heterocycles. The molecule has 0 spiro atoms. The number of aryl methyl sites for hydroxylation is 2. The molecule has 0 atom stereocenters. The van der Waals surface area contributed by atoms with E-state index in [0.717, 1.165) is 28.5 Å². The lowest BCUT2D eigenvalue weighted by Gasteiger charge is -2.11. The smallest absolute Gasteiger partial charge is 0.340 e. The van der Waals surface area contributed by atoms with Gasteiger partial charge in [0.2, 0.25) is 5.78 Å². The van der Waals surface area contributed by atoms with Gasteiger partial charge in [0.25, 0.3) is 0 Å². The highest BCUT2D eigenvalue weighted by molar-refractivity contribution is 6.00. The third-order valence-corrected chi connectivity index (χ3v) is 4.62.